The molecule has 1 fully saturated rings. The number of nitrogens with one attached hydrogen (secondary N) is 1. The second kappa shape index (κ2) is 5.81. The number of benzene rings is 1. The van der Waals surface area contributed by atoms with Gasteiger partial charge in [0.05, 0.1) is 0 Å². The predicted octanol–water partition coefficient (Wildman–Crippen LogP) is 3.65. The Hall–Kier alpha value is -0.930. The van der Waals surface area contributed by atoms with Gasteiger partial charge in [0.15, 0.2) is 0 Å². The fraction of sp³-hybridized carbons (Fsp3) is 0.600. The molecule has 3 heteroatoms. The van der Waals surface area contributed by atoms with Gasteiger partial charge in [0, 0.05) is 23.7 Å². The number of hydrazine groups is 1. The molecule has 100 valence electrons. The lowest BCUT2D eigenvalue weighted by molar-refractivity contribution is 0.0315. The van der Waals surface area contributed by atoms with Crippen LogP contribution in [0.15, 0.2) is 24.3 Å². The summed E-state index contributed by atoms with van der Waals surface area (Å²) in [6.07, 6.45) is 3.71. The van der Waals surface area contributed by atoms with Gasteiger partial charge in [-0.3, -0.25) is 0 Å². The van der Waals surface area contributed by atoms with E-state index in [-0.39, 0.29) is 11.9 Å². The third-order valence-electron chi connectivity index (χ3n) is 3.91. The number of hydrogen-bond acceptors (Lipinski definition) is 2. The summed E-state index contributed by atoms with van der Waals surface area (Å²) in [7, 11) is 0. The standard InChI is InChI=1S/C15H23FN2/c1-11-7-6-8-12(2)18(11)17-13(3)14-9-4-5-10-15(14)16/h4-5,9-13,17H,6-8H2,1-3H3. The van der Waals surface area contributed by atoms with Crippen LogP contribution in [0.25, 0.3) is 0 Å². The van der Waals surface area contributed by atoms with E-state index in [9.17, 15) is 4.39 Å². The molecule has 2 rings (SSSR count). The van der Waals surface area contributed by atoms with Crippen molar-refractivity contribution in [3.05, 3.63) is 35.6 Å². The van der Waals surface area contributed by atoms with E-state index in [4.69, 9.17) is 0 Å². The maximum Gasteiger partial charge on any atom is 0.128 e. The zero-order chi connectivity index (χ0) is 13.1. The van der Waals surface area contributed by atoms with Gasteiger partial charge in [0.1, 0.15) is 5.82 Å². The van der Waals surface area contributed by atoms with Crippen LogP contribution in [0.5, 0.6) is 0 Å². The fourth-order valence-electron chi connectivity index (χ4n) is 2.80. The van der Waals surface area contributed by atoms with Gasteiger partial charge in [-0.15, -0.1) is 0 Å². The molecular formula is C15H23FN2. The zero-order valence-electron chi connectivity index (χ0n) is 11.5. The molecule has 3 atom stereocenters. The van der Waals surface area contributed by atoms with Crippen LogP contribution in [-0.2, 0) is 0 Å². The van der Waals surface area contributed by atoms with Gasteiger partial charge in [0.2, 0.25) is 0 Å². The van der Waals surface area contributed by atoms with Crippen LogP contribution in [0.4, 0.5) is 4.39 Å². The molecule has 0 aromatic heterocycles. The lowest BCUT2D eigenvalue weighted by atomic mass is 9.99. The molecule has 0 saturated carbocycles. The Morgan fingerprint density at radius 3 is 2.44 bits per heavy atom. The minimum atomic E-state index is -0.130. The van der Waals surface area contributed by atoms with E-state index in [0.717, 1.165) is 5.56 Å². The highest BCUT2D eigenvalue weighted by Crippen LogP contribution is 2.24. The molecule has 1 saturated heterocycles. The molecule has 0 aliphatic carbocycles. The van der Waals surface area contributed by atoms with Crippen molar-refractivity contribution in [3.63, 3.8) is 0 Å². The molecule has 0 amide bonds. The second-order valence-corrected chi connectivity index (χ2v) is 5.41. The Morgan fingerprint density at radius 2 is 1.83 bits per heavy atom. The summed E-state index contributed by atoms with van der Waals surface area (Å²) < 4.78 is 13.7. The summed E-state index contributed by atoms with van der Waals surface area (Å²) in [5.41, 5.74) is 4.21. The Bertz CT molecular complexity index is 384. The first-order chi connectivity index (χ1) is 8.59. The fourth-order valence-corrected chi connectivity index (χ4v) is 2.80. The Kier molecular flexibility index (Phi) is 4.36. The summed E-state index contributed by atoms with van der Waals surface area (Å²) in [5, 5.41) is 2.29. The van der Waals surface area contributed by atoms with E-state index < -0.39 is 0 Å². The van der Waals surface area contributed by atoms with Gasteiger partial charge < -0.3 is 0 Å². The van der Waals surface area contributed by atoms with Gasteiger partial charge in [-0.1, -0.05) is 24.6 Å². The van der Waals surface area contributed by atoms with Crippen LogP contribution in [0, 0.1) is 5.82 Å². The number of rotatable bonds is 3. The number of nitrogens with zero attached hydrogens (tertiary/aromatic N) is 1. The van der Waals surface area contributed by atoms with Crippen LogP contribution < -0.4 is 5.43 Å². The molecular weight excluding hydrogens is 227 g/mol. The van der Waals surface area contributed by atoms with E-state index in [2.05, 4.69) is 24.3 Å². The number of piperidine rings is 1. The molecule has 18 heavy (non-hydrogen) atoms. The second-order valence-electron chi connectivity index (χ2n) is 5.41. The van der Waals surface area contributed by atoms with Gasteiger partial charge in [-0.05, 0) is 39.7 Å². The van der Waals surface area contributed by atoms with Crippen LogP contribution in [-0.4, -0.2) is 17.1 Å². The SMILES string of the molecule is CC(NN1C(C)CCCC1C)c1ccccc1F. The monoisotopic (exact) mass is 250 g/mol. The summed E-state index contributed by atoms with van der Waals surface area (Å²) in [6.45, 7) is 6.49. The maximum atomic E-state index is 13.7. The van der Waals surface area contributed by atoms with Crippen LogP contribution >= 0.6 is 0 Å². The summed E-state index contributed by atoms with van der Waals surface area (Å²) in [6, 6.07) is 8.04. The highest BCUT2D eigenvalue weighted by molar-refractivity contribution is 5.20. The zero-order valence-corrected chi connectivity index (χ0v) is 11.5. The van der Waals surface area contributed by atoms with Gasteiger partial charge in [-0.25, -0.2) is 14.8 Å². The van der Waals surface area contributed by atoms with Crippen LogP contribution in [0.1, 0.15) is 51.6 Å². The maximum absolute atomic E-state index is 13.7. The minimum absolute atomic E-state index is 0.00852. The molecule has 1 N–H and O–H groups in total. The highest BCUT2D eigenvalue weighted by atomic mass is 19.1. The van der Waals surface area contributed by atoms with Gasteiger partial charge >= 0.3 is 0 Å². The third-order valence-corrected chi connectivity index (χ3v) is 3.91. The van der Waals surface area contributed by atoms with Crippen molar-refractivity contribution in [2.45, 2.75) is 58.2 Å². The smallest absolute Gasteiger partial charge is 0.128 e. The number of halogens is 1. The normalized spacial score (nSPS) is 27.1. The summed E-state index contributed by atoms with van der Waals surface area (Å²) in [5.74, 6) is -0.130. The van der Waals surface area contributed by atoms with Crippen molar-refractivity contribution in [1.82, 2.24) is 10.4 Å². The Labute approximate surface area is 109 Å². The van der Waals surface area contributed by atoms with E-state index >= 15 is 0 Å². The van der Waals surface area contributed by atoms with Crippen molar-refractivity contribution < 1.29 is 4.39 Å². The lowest BCUT2D eigenvalue weighted by Gasteiger charge is -2.41. The first-order valence-corrected chi connectivity index (χ1v) is 6.88. The molecule has 3 unspecified atom stereocenters. The molecule has 1 aromatic rings. The average molecular weight is 250 g/mol. The largest absolute Gasteiger partial charge is 0.247 e. The van der Waals surface area contributed by atoms with E-state index in [1.54, 1.807) is 6.07 Å². The third kappa shape index (κ3) is 2.90. The highest BCUT2D eigenvalue weighted by Gasteiger charge is 2.26. The molecule has 1 heterocycles. The molecule has 2 nitrogen and oxygen atoms in total. The van der Waals surface area contributed by atoms with E-state index in [0.29, 0.717) is 12.1 Å². The molecule has 0 radical (unpaired) electrons. The summed E-state index contributed by atoms with van der Waals surface area (Å²) in [4.78, 5) is 0. The van der Waals surface area contributed by atoms with Crippen LogP contribution in [0.2, 0.25) is 0 Å². The predicted molar refractivity (Wildman–Crippen MR) is 72.6 cm³/mol. The van der Waals surface area contributed by atoms with Crippen molar-refractivity contribution in [1.29, 1.82) is 0 Å². The van der Waals surface area contributed by atoms with Crippen molar-refractivity contribution in [3.8, 4) is 0 Å². The Balaban J connectivity index is 2.06. The molecule has 1 aliphatic heterocycles. The van der Waals surface area contributed by atoms with Gasteiger partial charge in [0.25, 0.3) is 0 Å². The van der Waals surface area contributed by atoms with Crippen molar-refractivity contribution >= 4 is 0 Å². The van der Waals surface area contributed by atoms with Gasteiger partial charge in [-0.2, -0.15) is 0 Å². The quantitative estimate of drug-likeness (QED) is 0.880. The van der Waals surface area contributed by atoms with E-state index in [1.807, 2.05) is 19.1 Å². The minimum Gasteiger partial charge on any atom is -0.247 e. The molecule has 1 aliphatic rings. The van der Waals surface area contributed by atoms with Crippen LogP contribution in [0.3, 0.4) is 0 Å². The topological polar surface area (TPSA) is 15.3 Å². The molecule has 0 bridgehead atoms. The average Bonchev–Trinajstić information content (AvgIpc) is 2.34. The van der Waals surface area contributed by atoms with Crippen molar-refractivity contribution in [2.24, 2.45) is 0 Å². The lowest BCUT2D eigenvalue weighted by Crippen LogP contribution is -2.52. The van der Waals surface area contributed by atoms with Crippen molar-refractivity contribution in [2.75, 3.05) is 0 Å². The summed E-state index contributed by atoms with van der Waals surface area (Å²) >= 11 is 0. The van der Waals surface area contributed by atoms with E-state index in [1.165, 1.54) is 25.3 Å². The molecule has 0 spiro atoms. The Morgan fingerprint density at radius 1 is 1.22 bits per heavy atom. The molecule has 1 aromatic carbocycles. The number of hydrogen-bond donors (Lipinski definition) is 1. The first kappa shape index (κ1) is 13.5. The first-order valence-electron chi connectivity index (χ1n) is 6.88.